The standard InChI is InChI=1S/C13H10BrClO4S/c1-6-3-8-10(5-20(15,16)17)12-9(4-7(2)18-12)11(14)13(8)19-6/h3-4H,5H2,1-2H3. The highest BCUT2D eigenvalue weighted by Gasteiger charge is 2.22. The second-order valence-corrected chi connectivity index (χ2v) is 8.25. The van der Waals surface area contributed by atoms with Crippen molar-refractivity contribution < 1.29 is 17.3 Å². The number of hydrogen-bond donors (Lipinski definition) is 0. The van der Waals surface area contributed by atoms with Crippen molar-refractivity contribution in [3.05, 3.63) is 33.7 Å². The molecule has 0 bridgehead atoms. The summed E-state index contributed by atoms with van der Waals surface area (Å²) in [5, 5.41) is 1.47. The molecule has 3 aromatic rings. The van der Waals surface area contributed by atoms with E-state index in [0.29, 0.717) is 33.6 Å². The van der Waals surface area contributed by atoms with Gasteiger partial charge in [-0.2, -0.15) is 0 Å². The molecule has 0 N–H and O–H groups in total. The number of aryl methyl sites for hydroxylation is 2. The number of benzene rings is 1. The molecular formula is C13H10BrClO4S. The van der Waals surface area contributed by atoms with Crippen molar-refractivity contribution in [3.8, 4) is 0 Å². The zero-order valence-electron chi connectivity index (χ0n) is 10.7. The zero-order chi connectivity index (χ0) is 14.7. The van der Waals surface area contributed by atoms with Crippen LogP contribution in [0.3, 0.4) is 0 Å². The van der Waals surface area contributed by atoms with Crippen LogP contribution in [0.2, 0.25) is 0 Å². The molecule has 20 heavy (non-hydrogen) atoms. The molecule has 0 radical (unpaired) electrons. The van der Waals surface area contributed by atoms with E-state index in [9.17, 15) is 8.42 Å². The molecule has 7 heteroatoms. The second kappa shape index (κ2) is 4.51. The molecule has 0 aliphatic carbocycles. The summed E-state index contributed by atoms with van der Waals surface area (Å²) < 4.78 is 35.0. The van der Waals surface area contributed by atoms with Crippen molar-refractivity contribution >= 4 is 57.6 Å². The van der Waals surface area contributed by atoms with Gasteiger partial charge in [-0.25, -0.2) is 8.42 Å². The first-order chi connectivity index (χ1) is 9.26. The number of furan rings is 2. The highest BCUT2D eigenvalue weighted by Crippen LogP contribution is 2.40. The zero-order valence-corrected chi connectivity index (χ0v) is 13.8. The smallest absolute Gasteiger partial charge is 0.236 e. The van der Waals surface area contributed by atoms with E-state index in [1.807, 2.05) is 6.07 Å². The van der Waals surface area contributed by atoms with Gasteiger partial charge < -0.3 is 8.83 Å². The molecule has 2 aromatic heterocycles. The first-order valence-electron chi connectivity index (χ1n) is 5.79. The van der Waals surface area contributed by atoms with Crippen molar-refractivity contribution in [1.82, 2.24) is 0 Å². The average Bonchev–Trinajstić information content (AvgIpc) is 2.86. The second-order valence-electron chi connectivity index (χ2n) is 4.68. The molecule has 0 aliphatic rings. The van der Waals surface area contributed by atoms with E-state index in [4.69, 9.17) is 19.5 Å². The maximum absolute atomic E-state index is 11.5. The van der Waals surface area contributed by atoms with Gasteiger partial charge in [-0.05, 0) is 41.9 Å². The molecule has 0 saturated carbocycles. The summed E-state index contributed by atoms with van der Waals surface area (Å²) in [6, 6.07) is 3.62. The number of hydrogen-bond acceptors (Lipinski definition) is 4. The van der Waals surface area contributed by atoms with Gasteiger partial charge in [0.05, 0.1) is 10.2 Å². The van der Waals surface area contributed by atoms with Gasteiger partial charge in [-0.1, -0.05) is 0 Å². The molecule has 106 valence electrons. The van der Waals surface area contributed by atoms with Crippen molar-refractivity contribution in [2.24, 2.45) is 0 Å². The third-order valence-electron chi connectivity index (χ3n) is 3.06. The fourth-order valence-electron chi connectivity index (χ4n) is 2.36. The van der Waals surface area contributed by atoms with Gasteiger partial charge in [-0.15, -0.1) is 0 Å². The van der Waals surface area contributed by atoms with Gasteiger partial charge in [-0.3, -0.25) is 0 Å². The Bertz CT molecular complexity index is 879. The molecule has 0 unspecified atom stereocenters. The highest BCUT2D eigenvalue weighted by atomic mass is 79.9. The fourth-order valence-corrected chi connectivity index (χ4v) is 3.91. The Hall–Kier alpha value is -0.980. The van der Waals surface area contributed by atoms with Crippen molar-refractivity contribution in [1.29, 1.82) is 0 Å². The topological polar surface area (TPSA) is 60.4 Å². The summed E-state index contributed by atoms with van der Waals surface area (Å²) in [5.41, 5.74) is 1.65. The van der Waals surface area contributed by atoms with Crippen LogP contribution in [0.1, 0.15) is 17.1 Å². The Morgan fingerprint density at radius 2 is 1.65 bits per heavy atom. The average molecular weight is 378 g/mol. The largest absolute Gasteiger partial charge is 0.461 e. The lowest BCUT2D eigenvalue weighted by atomic mass is 10.1. The Balaban J connectivity index is 2.51. The summed E-state index contributed by atoms with van der Waals surface area (Å²) >= 11 is 3.49. The SMILES string of the molecule is Cc1cc2c(CS(=O)(=O)Cl)c3oc(C)cc3c(Br)c2o1. The Morgan fingerprint density at radius 3 is 2.25 bits per heavy atom. The summed E-state index contributed by atoms with van der Waals surface area (Å²) in [7, 11) is 1.71. The maximum Gasteiger partial charge on any atom is 0.236 e. The maximum atomic E-state index is 11.5. The minimum atomic E-state index is -3.70. The molecule has 0 atom stereocenters. The van der Waals surface area contributed by atoms with Crippen LogP contribution >= 0.6 is 26.6 Å². The third kappa shape index (κ3) is 2.25. The van der Waals surface area contributed by atoms with Crippen LogP contribution in [0.5, 0.6) is 0 Å². The van der Waals surface area contributed by atoms with Gasteiger partial charge in [0.2, 0.25) is 9.05 Å². The van der Waals surface area contributed by atoms with E-state index in [-0.39, 0.29) is 5.75 Å². The van der Waals surface area contributed by atoms with Gasteiger partial charge in [0.1, 0.15) is 22.7 Å². The van der Waals surface area contributed by atoms with Crippen molar-refractivity contribution in [2.45, 2.75) is 19.6 Å². The van der Waals surface area contributed by atoms with Crippen LogP contribution in [-0.4, -0.2) is 8.42 Å². The predicted octanol–water partition coefficient (Wildman–Crippen LogP) is 4.63. The minimum absolute atomic E-state index is 0.305. The van der Waals surface area contributed by atoms with Gasteiger partial charge in [0, 0.05) is 27.0 Å². The first-order valence-corrected chi connectivity index (χ1v) is 9.06. The summed E-state index contributed by atoms with van der Waals surface area (Å²) in [5.74, 6) is 1.08. The molecule has 0 saturated heterocycles. The predicted molar refractivity (Wildman–Crippen MR) is 81.6 cm³/mol. The van der Waals surface area contributed by atoms with E-state index in [0.717, 1.165) is 9.86 Å². The lowest BCUT2D eigenvalue weighted by Gasteiger charge is -2.04. The molecule has 4 nitrogen and oxygen atoms in total. The quantitative estimate of drug-likeness (QED) is 0.611. The minimum Gasteiger partial charge on any atom is -0.461 e. The Morgan fingerprint density at radius 1 is 1.10 bits per heavy atom. The lowest BCUT2D eigenvalue weighted by molar-refractivity contribution is 0.572. The van der Waals surface area contributed by atoms with Crippen LogP contribution in [0.15, 0.2) is 25.4 Å². The van der Waals surface area contributed by atoms with E-state index >= 15 is 0 Å². The van der Waals surface area contributed by atoms with Crippen LogP contribution in [0.4, 0.5) is 0 Å². The summed E-state index contributed by atoms with van der Waals surface area (Å²) in [6.45, 7) is 3.61. The molecule has 1 aromatic carbocycles. The van der Waals surface area contributed by atoms with Crippen LogP contribution in [-0.2, 0) is 14.8 Å². The van der Waals surface area contributed by atoms with Crippen LogP contribution in [0, 0.1) is 13.8 Å². The van der Waals surface area contributed by atoms with E-state index in [1.165, 1.54) is 0 Å². The van der Waals surface area contributed by atoms with Crippen LogP contribution < -0.4 is 0 Å². The van der Waals surface area contributed by atoms with Crippen molar-refractivity contribution in [3.63, 3.8) is 0 Å². The van der Waals surface area contributed by atoms with Gasteiger partial charge in [0.15, 0.2) is 0 Å². The van der Waals surface area contributed by atoms with E-state index in [2.05, 4.69) is 15.9 Å². The fraction of sp³-hybridized carbons (Fsp3) is 0.231. The summed E-state index contributed by atoms with van der Waals surface area (Å²) in [6.07, 6.45) is 0. The van der Waals surface area contributed by atoms with Crippen LogP contribution in [0.25, 0.3) is 21.9 Å². The summed E-state index contributed by atoms with van der Waals surface area (Å²) in [4.78, 5) is 0. The number of fused-ring (bicyclic) bond motifs is 2. The van der Waals surface area contributed by atoms with Gasteiger partial charge >= 0.3 is 0 Å². The molecule has 3 rings (SSSR count). The first kappa shape index (κ1) is 14.0. The Kier molecular flexibility index (Phi) is 3.15. The lowest BCUT2D eigenvalue weighted by Crippen LogP contribution is -1.96. The molecule has 0 aliphatic heterocycles. The van der Waals surface area contributed by atoms with Gasteiger partial charge in [0.25, 0.3) is 0 Å². The van der Waals surface area contributed by atoms with Crippen molar-refractivity contribution in [2.75, 3.05) is 0 Å². The third-order valence-corrected chi connectivity index (χ3v) is 4.81. The molecule has 0 spiro atoms. The highest BCUT2D eigenvalue weighted by molar-refractivity contribution is 9.10. The van der Waals surface area contributed by atoms with E-state index in [1.54, 1.807) is 19.9 Å². The molecule has 2 heterocycles. The molecular weight excluding hydrogens is 368 g/mol. The Labute approximate surface area is 128 Å². The van der Waals surface area contributed by atoms with E-state index < -0.39 is 9.05 Å². The number of rotatable bonds is 2. The monoisotopic (exact) mass is 376 g/mol. The normalized spacial score (nSPS) is 12.6. The molecule has 0 fully saturated rings. The molecule has 0 amide bonds. The number of halogens is 2.